The van der Waals surface area contributed by atoms with Crippen molar-refractivity contribution < 1.29 is 0 Å². The first-order valence-electron chi connectivity index (χ1n) is 12.7. The quantitative estimate of drug-likeness (QED) is 0.235. The largest absolute Gasteiger partial charge is 0.378 e. The summed E-state index contributed by atoms with van der Waals surface area (Å²) >= 11 is 0. The summed E-state index contributed by atoms with van der Waals surface area (Å²) in [5.74, 6) is 0. The molecule has 5 aromatic rings. The number of rotatable bonds is 7. The first kappa shape index (κ1) is 24.3. The van der Waals surface area contributed by atoms with Crippen molar-refractivity contribution >= 4 is 11.4 Å². The number of hydrogen-bond acceptors (Lipinski definition) is 3. The highest BCUT2D eigenvalue weighted by Crippen LogP contribution is 2.37. The molecular formula is C34H33N3. The van der Waals surface area contributed by atoms with E-state index in [4.69, 9.17) is 4.98 Å². The predicted octanol–water partition coefficient (Wildman–Crippen LogP) is 7.81. The average Bonchev–Trinajstić information content (AvgIpc) is 2.94. The molecule has 0 aliphatic carbocycles. The van der Waals surface area contributed by atoms with Crippen molar-refractivity contribution in [1.82, 2.24) is 4.98 Å². The molecule has 37 heavy (non-hydrogen) atoms. The molecule has 0 aliphatic heterocycles. The molecule has 3 heteroatoms. The van der Waals surface area contributed by atoms with E-state index in [-0.39, 0.29) is 0 Å². The summed E-state index contributed by atoms with van der Waals surface area (Å²) in [5.41, 5.74) is 11.6. The molecular weight excluding hydrogens is 450 g/mol. The minimum absolute atomic E-state index is 0.796. The molecule has 0 aliphatic rings. The van der Waals surface area contributed by atoms with Gasteiger partial charge in [0.15, 0.2) is 0 Å². The van der Waals surface area contributed by atoms with Crippen LogP contribution in [-0.4, -0.2) is 33.2 Å². The zero-order valence-corrected chi connectivity index (χ0v) is 22.0. The van der Waals surface area contributed by atoms with Crippen LogP contribution < -0.4 is 9.80 Å². The van der Waals surface area contributed by atoms with Crippen molar-refractivity contribution in [3.8, 4) is 33.6 Å². The van der Waals surface area contributed by atoms with Gasteiger partial charge in [-0.15, -0.1) is 0 Å². The second kappa shape index (κ2) is 10.7. The van der Waals surface area contributed by atoms with Crippen molar-refractivity contribution in [2.75, 3.05) is 38.0 Å². The van der Waals surface area contributed by atoms with E-state index in [1.807, 2.05) is 6.07 Å². The standard InChI is InChI=1S/C34H33N3/c1-36(2)29-19-15-25(16-20-29)23-32-31(26-17-21-30(22-18-26)37(3)4)24-33(27-11-7-5-8-12-27)35-34(32)28-13-9-6-10-14-28/h5-22,24H,23H2,1-4H3. The van der Waals surface area contributed by atoms with Gasteiger partial charge in [-0.25, -0.2) is 4.98 Å². The second-order valence-electron chi connectivity index (χ2n) is 9.79. The fraction of sp³-hybridized carbons (Fsp3) is 0.147. The van der Waals surface area contributed by atoms with E-state index in [9.17, 15) is 0 Å². The highest BCUT2D eigenvalue weighted by Gasteiger charge is 2.18. The number of pyridine rings is 1. The third kappa shape index (κ3) is 5.41. The summed E-state index contributed by atoms with van der Waals surface area (Å²) in [6.45, 7) is 0. The van der Waals surface area contributed by atoms with Crippen LogP contribution in [0.5, 0.6) is 0 Å². The van der Waals surface area contributed by atoms with E-state index < -0.39 is 0 Å². The molecule has 0 radical (unpaired) electrons. The van der Waals surface area contributed by atoms with E-state index in [0.717, 1.165) is 28.9 Å². The van der Waals surface area contributed by atoms with Crippen LogP contribution in [0.25, 0.3) is 33.6 Å². The van der Waals surface area contributed by atoms with Gasteiger partial charge in [0.05, 0.1) is 11.4 Å². The molecule has 1 heterocycles. The van der Waals surface area contributed by atoms with E-state index in [1.54, 1.807) is 0 Å². The van der Waals surface area contributed by atoms with Gasteiger partial charge >= 0.3 is 0 Å². The maximum absolute atomic E-state index is 5.27. The van der Waals surface area contributed by atoms with Gasteiger partial charge in [-0.1, -0.05) is 84.9 Å². The second-order valence-corrected chi connectivity index (χ2v) is 9.79. The van der Waals surface area contributed by atoms with Gasteiger partial charge < -0.3 is 9.80 Å². The molecule has 0 unspecified atom stereocenters. The average molecular weight is 484 g/mol. The molecule has 4 aromatic carbocycles. The Bertz CT molecular complexity index is 1450. The minimum atomic E-state index is 0.796. The van der Waals surface area contributed by atoms with Crippen molar-refractivity contribution in [2.45, 2.75) is 6.42 Å². The van der Waals surface area contributed by atoms with E-state index in [1.165, 1.54) is 33.6 Å². The molecule has 5 rings (SSSR count). The van der Waals surface area contributed by atoms with Gasteiger partial charge in [-0.2, -0.15) is 0 Å². The molecule has 0 N–H and O–H groups in total. The third-order valence-electron chi connectivity index (χ3n) is 6.77. The number of anilines is 2. The zero-order chi connectivity index (χ0) is 25.8. The monoisotopic (exact) mass is 483 g/mol. The van der Waals surface area contributed by atoms with Gasteiger partial charge in [-0.05, 0) is 52.6 Å². The molecule has 1 aromatic heterocycles. The molecule has 0 spiro atoms. The van der Waals surface area contributed by atoms with Crippen LogP contribution in [0.4, 0.5) is 11.4 Å². The number of benzene rings is 4. The Hall–Kier alpha value is -4.37. The first-order valence-corrected chi connectivity index (χ1v) is 12.7. The lowest BCUT2D eigenvalue weighted by atomic mass is 9.90. The summed E-state index contributed by atoms with van der Waals surface area (Å²) in [5, 5.41) is 0. The van der Waals surface area contributed by atoms with Crippen molar-refractivity contribution in [2.24, 2.45) is 0 Å². The van der Waals surface area contributed by atoms with Crippen molar-refractivity contribution in [3.05, 3.63) is 126 Å². The fourth-order valence-electron chi connectivity index (χ4n) is 4.65. The maximum Gasteiger partial charge on any atom is 0.0751 e. The molecule has 3 nitrogen and oxygen atoms in total. The van der Waals surface area contributed by atoms with Crippen molar-refractivity contribution in [3.63, 3.8) is 0 Å². The Kier molecular flexibility index (Phi) is 7.04. The predicted molar refractivity (Wildman–Crippen MR) is 158 cm³/mol. The molecule has 0 fully saturated rings. The van der Waals surface area contributed by atoms with Gasteiger partial charge in [0, 0.05) is 57.1 Å². The maximum atomic E-state index is 5.27. The van der Waals surface area contributed by atoms with Gasteiger partial charge in [-0.3, -0.25) is 0 Å². The first-order chi connectivity index (χ1) is 18.0. The lowest BCUT2D eigenvalue weighted by Gasteiger charge is -2.19. The van der Waals surface area contributed by atoms with Gasteiger partial charge in [0.1, 0.15) is 0 Å². The van der Waals surface area contributed by atoms with Crippen LogP contribution in [-0.2, 0) is 6.42 Å². The normalized spacial score (nSPS) is 10.8. The Morgan fingerprint density at radius 2 is 1.05 bits per heavy atom. The highest BCUT2D eigenvalue weighted by atomic mass is 15.1. The van der Waals surface area contributed by atoms with Crippen LogP contribution in [0.3, 0.4) is 0 Å². The van der Waals surface area contributed by atoms with Crippen LogP contribution in [0.2, 0.25) is 0 Å². The molecule has 184 valence electrons. The molecule has 0 saturated carbocycles. The Labute approximate surface area is 220 Å². The minimum Gasteiger partial charge on any atom is -0.378 e. The summed E-state index contributed by atoms with van der Waals surface area (Å²) in [6.07, 6.45) is 0.796. The number of nitrogens with zero attached hydrogens (tertiary/aromatic N) is 3. The fourth-order valence-corrected chi connectivity index (χ4v) is 4.65. The number of hydrogen-bond donors (Lipinski definition) is 0. The summed E-state index contributed by atoms with van der Waals surface area (Å²) < 4.78 is 0. The third-order valence-corrected chi connectivity index (χ3v) is 6.77. The van der Waals surface area contributed by atoms with Gasteiger partial charge in [0.25, 0.3) is 0 Å². The van der Waals surface area contributed by atoms with Crippen LogP contribution in [0, 0.1) is 0 Å². The van der Waals surface area contributed by atoms with Crippen LogP contribution in [0.15, 0.2) is 115 Å². The Morgan fingerprint density at radius 1 is 0.541 bits per heavy atom. The summed E-state index contributed by atoms with van der Waals surface area (Å²) in [4.78, 5) is 9.54. The van der Waals surface area contributed by atoms with Crippen LogP contribution in [0.1, 0.15) is 11.1 Å². The molecule has 0 saturated heterocycles. The molecule has 0 atom stereocenters. The zero-order valence-electron chi connectivity index (χ0n) is 22.0. The number of aromatic nitrogens is 1. The van der Waals surface area contributed by atoms with Crippen molar-refractivity contribution in [1.29, 1.82) is 0 Å². The SMILES string of the molecule is CN(C)c1ccc(Cc2c(-c3ccc(N(C)C)cc3)cc(-c3ccccc3)nc2-c2ccccc2)cc1. The molecule has 0 amide bonds. The Balaban J connectivity index is 1.73. The summed E-state index contributed by atoms with van der Waals surface area (Å²) in [7, 11) is 8.30. The smallest absolute Gasteiger partial charge is 0.0751 e. The highest BCUT2D eigenvalue weighted by molar-refractivity contribution is 5.82. The van der Waals surface area contributed by atoms with E-state index in [0.29, 0.717) is 0 Å². The lowest BCUT2D eigenvalue weighted by molar-refractivity contribution is 1.11. The van der Waals surface area contributed by atoms with E-state index >= 15 is 0 Å². The topological polar surface area (TPSA) is 19.4 Å². The Morgan fingerprint density at radius 3 is 1.59 bits per heavy atom. The van der Waals surface area contributed by atoms with Gasteiger partial charge in [0.2, 0.25) is 0 Å². The lowest BCUT2D eigenvalue weighted by Crippen LogP contribution is -2.08. The summed E-state index contributed by atoms with van der Waals surface area (Å²) in [6, 6.07) is 41.0. The van der Waals surface area contributed by atoms with E-state index in [2.05, 4.69) is 147 Å². The molecule has 0 bridgehead atoms. The van der Waals surface area contributed by atoms with Crippen LogP contribution >= 0.6 is 0 Å².